The first kappa shape index (κ1) is 19.8. The Morgan fingerprint density at radius 3 is 2.79 bits per heavy atom. The summed E-state index contributed by atoms with van der Waals surface area (Å²) in [5.74, 6) is -0.484. The van der Waals surface area contributed by atoms with E-state index in [-0.39, 0.29) is 22.2 Å². The molecule has 0 bridgehead atoms. The van der Waals surface area contributed by atoms with Crippen LogP contribution in [-0.2, 0) is 11.8 Å². The molecule has 0 fully saturated rings. The minimum atomic E-state index is -0.628. The number of aromatic nitrogens is 3. The van der Waals surface area contributed by atoms with E-state index in [2.05, 4.69) is 15.5 Å². The van der Waals surface area contributed by atoms with Crippen LogP contribution in [0, 0.1) is 15.9 Å². The van der Waals surface area contributed by atoms with Gasteiger partial charge in [-0.25, -0.2) is 4.39 Å². The average Bonchev–Trinajstić information content (AvgIpc) is 3.02. The van der Waals surface area contributed by atoms with Gasteiger partial charge in [0.05, 0.1) is 16.2 Å². The van der Waals surface area contributed by atoms with Crippen LogP contribution in [0.3, 0.4) is 0 Å². The highest BCUT2D eigenvalue weighted by Gasteiger charge is 2.17. The van der Waals surface area contributed by atoms with E-state index in [1.54, 1.807) is 29.8 Å². The van der Waals surface area contributed by atoms with Gasteiger partial charge in [-0.3, -0.25) is 14.9 Å². The minimum absolute atomic E-state index is 0.0142. The van der Waals surface area contributed by atoms with E-state index in [0.29, 0.717) is 16.5 Å². The van der Waals surface area contributed by atoms with E-state index in [1.807, 2.05) is 0 Å². The number of rotatable bonds is 6. The Kier molecular flexibility index (Phi) is 5.90. The lowest BCUT2D eigenvalue weighted by atomic mass is 10.2. The zero-order valence-corrected chi connectivity index (χ0v) is 16.0. The molecular weight excluding hydrogens is 409 g/mol. The predicted molar refractivity (Wildman–Crippen MR) is 104 cm³/mol. The van der Waals surface area contributed by atoms with Crippen LogP contribution in [-0.4, -0.2) is 31.3 Å². The zero-order chi connectivity index (χ0) is 20.3. The molecule has 0 aliphatic rings. The Morgan fingerprint density at radius 1 is 1.32 bits per heavy atom. The minimum Gasteiger partial charge on any atom is -0.325 e. The molecule has 0 aliphatic carbocycles. The predicted octanol–water partition coefficient (Wildman–Crippen LogP) is 3.91. The number of nitrogens with zero attached hydrogens (tertiary/aromatic N) is 4. The average molecular weight is 422 g/mol. The van der Waals surface area contributed by atoms with Crippen molar-refractivity contribution >= 4 is 40.6 Å². The second-order valence-electron chi connectivity index (χ2n) is 5.61. The Labute approximate surface area is 167 Å². The largest absolute Gasteiger partial charge is 0.325 e. The number of carbonyl (C=O) groups excluding carboxylic acids is 1. The summed E-state index contributed by atoms with van der Waals surface area (Å²) in [5, 5.41) is 21.8. The molecule has 28 heavy (non-hydrogen) atoms. The summed E-state index contributed by atoms with van der Waals surface area (Å²) in [6.07, 6.45) is 0. The maximum absolute atomic E-state index is 13.9. The first-order valence-electron chi connectivity index (χ1n) is 7.87. The Bertz CT molecular complexity index is 1060. The fraction of sp³-hybridized carbons (Fsp3) is 0.118. The SMILES string of the molecule is Cn1c(SCC(=O)Nc2ccc(Cl)c([N+](=O)[O-])c2)nnc1-c1ccccc1F. The van der Waals surface area contributed by atoms with E-state index in [1.165, 1.54) is 24.3 Å². The third-order valence-corrected chi connectivity index (χ3v) is 5.05. The van der Waals surface area contributed by atoms with Crippen LogP contribution >= 0.6 is 23.4 Å². The van der Waals surface area contributed by atoms with E-state index < -0.39 is 16.6 Å². The van der Waals surface area contributed by atoms with Gasteiger partial charge in [-0.1, -0.05) is 35.5 Å². The lowest BCUT2D eigenvalue weighted by molar-refractivity contribution is -0.384. The van der Waals surface area contributed by atoms with Crippen LogP contribution in [0.4, 0.5) is 15.8 Å². The lowest BCUT2D eigenvalue weighted by Gasteiger charge is -2.06. The van der Waals surface area contributed by atoms with E-state index in [0.717, 1.165) is 11.8 Å². The summed E-state index contributed by atoms with van der Waals surface area (Å²) < 4.78 is 15.5. The van der Waals surface area contributed by atoms with Crippen LogP contribution < -0.4 is 5.32 Å². The normalized spacial score (nSPS) is 10.7. The molecule has 144 valence electrons. The van der Waals surface area contributed by atoms with Crippen LogP contribution in [0.1, 0.15) is 0 Å². The summed E-state index contributed by atoms with van der Waals surface area (Å²) in [4.78, 5) is 22.4. The highest BCUT2D eigenvalue weighted by atomic mass is 35.5. The summed E-state index contributed by atoms with van der Waals surface area (Å²) in [6, 6.07) is 10.2. The molecule has 1 heterocycles. The van der Waals surface area contributed by atoms with Gasteiger partial charge in [-0.05, 0) is 24.3 Å². The molecule has 8 nitrogen and oxygen atoms in total. The molecular formula is C17H13ClFN5O3S. The molecule has 0 spiro atoms. The van der Waals surface area contributed by atoms with Crippen LogP contribution in [0.2, 0.25) is 5.02 Å². The quantitative estimate of drug-likeness (QED) is 0.367. The van der Waals surface area contributed by atoms with Crippen molar-refractivity contribution in [3.05, 3.63) is 63.4 Å². The number of thioether (sulfide) groups is 1. The fourth-order valence-electron chi connectivity index (χ4n) is 2.38. The number of nitro groups is 1. The zero-order valence-electron chi connectivity index (χ0n) is 14.4. The summed E-state index contributed by atoms with van der Waals surface area (Å²) in [5.41, 5.74) is 0.268. The van der Waals surface area contributed by atoms with E-state index in [4.69, 9.17) is 11.6 Å². The van der Waals surface area contributed by atoms with Crippen molar-refractivity contribution in [1.29, 1.82) is 0 Å². The van der Waals surface area contributed by atoms with Crippen molar-refractivity contribution in [2.75, 3.05) is 11.1 Å². The first-order valence-corrected chi connectivity index (χ1v) is 9.24. The number of hydrogen-bond donors (Lipinski definition) is 1. The van der Waals surface area contributed by atoms with Gasteiger partial charge in [0.25, 0.3) is 5.69 Å². The van der Waals surface area contributed by atoms with Gasteiger partial charge in [0.15, 0.2) is 11.0 Å². The maximum Gasteiger partial charge on any atom is 0.289 e. The molecule has 3 rings (SSSR count). The van der Waals surface area contributed by atoms with Gasteiger partial charge in [0, 0.05) is 18.8 Å². The molecule has 11 heteroatoms. The summed E-state index contributed by atoms with van der Waals surface area (Å²) in [6.45, 7) is 0. The number of hydrogen-bond acceptors (Lipinski definition) is 6. The van der Waals surface area contributed by atoms with Crippen molar-refractivity contribution in [1.82, 2.24) is 14.8 Å². The van der Waals surface area contributed by atoms with Crippen molar-refractivity contribution in [3.63, 3.8) is 0 Å². The number of halogens is 2. The van der Waals surface area contributed by atoms with Gasteiger partial charge in [-0.15, -0.1) is 10.2 Å². The topological polar surface area (TPSA) is 103 Å². The molecule has 0 radical (unpaired) electrons. The standard InChI is InChI=1S/C17H13ClFN5O3S/c1-23-16(11-4-2-3-5-13(11)19)21-22-17(23)28-9-15(25)20-10-6-7-12(18)14(8-10)24(26)27/h2-8H,9H2,1H3,(H,20,25). The molecule has 1 N–H and O–H groups in total. The number of carbonyl (C=O) groups is 1. The molecule has 0 saturated carbocycles. The Balaban J connectivity index is 1.67. The molecule has 0 saturated heterocycles. The molecule has 0 unspecified atom stereocenters. The Morgan fingerprint density at radius 2 is 2.07 bits per heavy atom. The van der Waals surface area contributed by atoms with Gasteiger partial charge in [0.2, 0.25) is 5.91 Å². The number of anilines is 1. The molecule has 0 atom stereocenters. The Hall–Kier alpha value is -2.98. The highest BCUT2D eigenvalue weighted by molar-refractivity contribution is 7.99. The summed E-state index contributed by atoms with van der Waals surface area (Å²) >= 11 is 6.85. The van der Waals surface area contributed by atoms with E-state index in [9.17, 15) is 19.3 Å². The first-order chi connectivity index (χ1) is 13.4. The van der Waals surface area contributed by atoms with Crippen LogP contribution in [0.15, 0.2) is 47.6 Å². The third-order valence-electron chi connectivity index (χ3n) is 3.71. The lowest BCUT2D eigenvalue weighted by Crippen LogP contribution is -2.14. The van der Waals surface area contributed by atoms with Crippen molar-refractivity contribution < 1.29 is 14.1 Å². The smallest absolute Gasteiger partial charge is 0.289 e. The molecule has 1 amide bonds. The van der Waals surface area contributed by atoms with Gasteiger partial charge in [-0.2, -0.15) is 0 Å². The number of nitro benzene ring substituents is 1. The molecule has 2 aromatic carbocycles. The van der Waals surface area contributed by atoms with Crippen LogP contribution in [0.25, 0.3) is 11.4 Å². The molecule has 3 aromatic rings. The molecule has 0 aliphatic heterocycles. The second kappa shape index (κ2) is 8.36. The third kappa shape index (κ3) is 4.29. The van der Waals surface area contributed by atoms with Crippen molar-refractivity contribution in [3.8, 4) is 11.4 Å². The van der Waals surface area contributed by atoms with Crippen LogP contribution in [0.5, 0.6) is 0 Å². The van der Waals surface area contributed by atoms with Gasteiger partial charge >= 0.3 is 0 Å². The number of nitrogens with one attached hydrogen (secondary N) is 1. The second-order valence-corrected chi connectivity index (χ2v) is 6.95. The molecule has 1 aromatic heterocycles. The number of amides is 1. The van der Waals surface area contributed by atoms with Crippen molar-refractivity contribution in [2.45, 2.75) is 5.16 Å². The monoisotopic (exact) mass is 421 g/mol. The van der Waals surface area contributed by atoms with Gasteiger partial charge < -0.3 is 9.88 Å². The fourth-order valence-corrected chi connectivity index (χ4v) is 3.27. The summed E-state index contributed by atoms with van der Waals surface area (Å²) in [7, 11) is 1.67. The number of benzene rings is 2. The maximum atomic E-state index is 13.9. The van der Waals surface area contributed by atoms with E-state index >= 15 is 0 Å². The van der Waals surface area contributed by atoms with Gasteiger partial charge in [0.1, 0.15) is 10.8 Å². The highest BCUT2D eigenvalue weighted by Crippen LogP contribution is 2.28. The van der Waals surface area contributed by atoms with Crippen molar-refractivity contribution in [2.24, 2.45) is 7.05 Å².